The Bertz CT molecular complexity index is 1110. The van der Waals surface area contributed by atoms with Gasteiger partial charge in [0.2, 0.25) is 0 Å². The number of nitrogens with one attached hydrogen (secondary N) is 1. The zero-order chi connectivity index (χ0) is 20.0. The molecule has 3 aromatic rings. The van der Waals surface area contributed by atoms with Crippen LogP contribution in [0.5, 0.6) is 5.75 Å². The van der Waals surface area contributed by atoms with Crippen LogP contribution < -0.4 is 10.1 Å². The van der Waals surface area contributed by atoms with E-state index < -0.39 is 5.54 Å². The van der Waals surface area contributed by atoms with Crippen LogP contribution in [0, 0.1) is 0 Å². The molecule has 2 heterocycles. The fourth-order valence-corrected chi connectivity index (χ4v) is 4.96. The van der Waals surface area contributed by atoms with Crippen molar-refractivity contribution < 1.29 is 14.3 Å². The van der Waals surface area contributed by atoms with Crippen molar-refractivity contribution in [3.63, 3.8) is 0 Å². The Kier molecular flexibility index (Phi) is 4.13. The maximum Gasteiger partial charge on any atom is 0.325 e. The van der Waals surface area contributed by atoms with Crippen LogP contribution in [0.15, 0.2) is 53.9 Å². The van der Waals surface area contributed by atoms with Gasteiger partial charge in [-0.25, -0.2) is 9.78 Å². The van der Waals surface area contributed by atoms with Gasteiger partial charge in [-0.05, 0) is 48.2 Å². The maximum absolute atomic E-state index is 13.3. The second-order valence-corrected chi connectivity index (χ2v) is 8.11. The summed E-state index contributed by atoms with van der Waals surface area (Å²) in [6.45, 7) is 0.168. The van der Waals surface area contributed by atoms with E-state index in [9.17, 15) is 9.59 Å². The predicted molar refractivity (Wildman–Crippen MR) is 110 cm³/mol. The van der Waals surface area contributed by atoms with Gasteiger partial charge in [0.1, 0.15) is 16.3 Å². The Balaban J connectivity index is 1.38. The van der Waals surface area contributed by atoms with Crippen LogP contribution in [0.2, 0.25) is 0 Å². The summed E-state index contributed by atoms with van der Waals surface area (Å²) in [5.74, 6) is 0.596. The molecule has 0 radical (unpaired) electrons. The number of methoxy groups -OCH3 is 1. The molecule has 2 aliphatic rings. The molecule has 7 heteroatoms. The average Bonchev–Trinajstić information content (AvgIpc) is 3.43. The summed E-state index contributed by atoms with van der Waals surface area (Å²) in [5, 5.41) is 5.70. The molecular weight excluding hydrogens is 386 g/mol. The number of aromatic nitrogens is 1. The number of amides is 3. The molecule has 1 aliphatic carbocycles. The molecule has 0 saturated carbocycles. The van der Waals surface area contributed by atoms with E-state index in [0.717, 1.165) is 33.9 Å². The largest absolute Gasteiger partial charge is 0.497 e. The van der Waals surface area contributed by atoms with Gasteiger partial charge in [-0.2, -0.15) is 0 Å². The van der Waals surface area contributed by atoms with E-state index in [2.05, 4.69) is 10.3 Å². The third-order valence-electron chi connectivity index (χ3n) is 5.63. The number of aryl methyl sites for hydroxylation is 1. The second kappa shape index (κ2) is 6.70. The summed E-state index contributed by atoms with van der Waals surface area (Å²) in [5.41, 5.74) is 2.78. The van der Waals surface area contributed by atoms with E-state index in [4.69, 9.17) is 4.74 Å². The van der Waals surface area contributed by atoms with Crippen molar-refractivity contribution in [2.45, 2.75) is 24.9 Å². The van der Waals surface area contributed by atoms with Gasteiger partial charge >= 0.3 is 6.03 Å². The maximum atomic E-state index is 13.3. The number of carbonyl (C=O) groups is 2. The highest BCUT2D eigenvalue weighted by molar-refractivity contribution is 7.13. The number of benzene rings is 2. The summed E-state index contributed by atoms with van der Waals surface area (Å²) < 4.78 is 5.19. The summed E-state index contributed by atoms with van der Waals surface area (Å²) >= 11 is 1.49. The third kappa shape index (κ3) is 2.81. The highest BCUT2D eigenvalue weighted by Crippen LogP contribution is 2.41. The zero-order valence-corrected chi connectivity index (χ0v) is 16.7. The van der Waals surface area contributed by atoms with Crippen molar-refractivity contribution in [1.82, 2.24) is 15.2 Å². The predicted octanol–water partition coefficient (Wildman–Crippen LogP) is 3.71. The zero-order valence-electron chi connectivity index (χ0n) is 15.8. The minimum absolute atomic E-state index is 0.168. The Morgan fingerprint density at radius 3 is 2.76 bits per heavy atom. The van der Waals surface area contributed by atoms with Gasteiger partial charge in [-0.1, -0.05) is 24.3 Å². The van der Waals surface area contributed by atoms with Gasteiger partial charge in [0, 0.05) is 10.9 Å². The highest BCUT2D eigenvalue weighted by atomic mass is 32.1. The van der Waals surface area contributed by atoms with E-state index in [0.29, 0.717) is 12.1 Å². The lowest BCUT2D eigenvalue weighted by Crippen LogP contribution is -2.41. The lowest BCUT2D eigenvalue weighted by Gasteiger charge is -2.22. The Morgan fingerprint density at radius 1 is 1.17 bits per heavy atom. The first-order valence-corrected chi connectivity index (χ1v) is 10.3. The molecule has 5 rings (SSSR count). The third-order valence-corrected chi connectivity index (χ3v) is 6.57. The average molecular weight is 405 g/mol. The molecule has 1 spiro atoms. The standard InChI is InChI=1S/C22H19N3O3S/c1-28-17-8-6-15(7-9-17)19-23-16(13-29-19)12-25-20(26)22(24-21(25)27)11-10-14-4-2-3-5-18(14)22/h2-9,13H,10-12H2,1H3,(H,24,27)/t22-/m1/s1. The van der Waals surface area contributed by atoms with Gasteiger partial charge in [-0.3, -0.25) is 9.69 Å². The number of carbonyl (C=O) groups excluding carboxylic acids is 2. The van der Waals surface area contributed by atoms with Gasteiger partial charge in [-0.15, -0.1) is 11.3 Å². The van der Waals surface area contributed by atoms with Gasteiger partial charge in [0.25, 0.3) is 5.91 Å². The van der Waals surface area contributed by atoms with Crippen LogP contribution in [-0.2, 0) is 23.3 Å². The van der Waals surface area contributed by atoms with Crippen LogP contribution in [0.1, 0.15) is 23.2 Å². The number of imide groups is 1. The van der Waals surface area contributed by atoms with E-state index in [1.54, 1.807) is 7.11 Å². The Hall–Kier alpha value is -3.19. The first kappa shape index (κ1) is 17.9. The number of ether oxygens (including phenoxy) is 1. The molecule has 3 amide bonds. The number of hydrogen-bond acceptors (Lipinski definition) is 5. The summed E-state index contributed by atoms with van der Waals surface area (Å²) in [4.78, 5) is 31.8. The fraction of sp³-hybridized carbons (Fsp3) is 0.227. The van der Waals surface area contributed by atoms with Crippen molar-refractivity contribution in [2.75, 3.05) is 7.11 Å². The molecule has 1 aromatic heterocycles. The van der Waals surface area contributed by atoms with Crippen LogP contribution in [0.4, 0.5) is 4.79 Å². The fourth-order valence-electron chi connectivity index (χ4n) is 4.14. The Labute approximate surface area is 172 Å². The van der Waals surface area contributed by atoms with E-state index in [1.807, 2.05) is 53.9 Å². The quantitative estimate of drug-likeness (QED) is 0.672. The number of urea groups is 1. The van der Waals surface area contributed by atoms with Crippen molar-refractivity contribution in [3.8, 4) is 16.3 Å². The summed E-state index contributed by atoms with van der Waals surface area (Å²) in [6, 6.07) is 15.1. The highest BCUT2D eigenvalue weighted by Gasteiger charge is 2.55. The smallest absolute Gasteiger partial charge is 0.325 e. The van der Waals surface area contributed by atoms with Gasteiger partial charge < -0.3 is 10.1 Å². The SMILES string of the molecule is COc1ccc(-c2nc(CN3C(=O)N[C@@]4(CCc5ccccc54)C3=O)cs2)cc1. The van der Waals surface area contributed by atoms with Gasteiger partial charge in [0.15, 0.2) is 0 Å². The monoisotopic (exact) mass is 405 g/mol. The molecule has 146 valence electrons. The van der Waals surface area contributed by atoms with Crippen LogP contribution in [-0.4, -0.2) is 28.9 Å². The number of hydrogen-bond donors (Lipinski definition) is 1. The topological polar surface area (TPSA) is 71.5 Å². The molecule has 0 unspecified atom stereocenters. The van der Waals surface area contributed by atoms with Crippen LogP contribution in [0.3, 0.4) is 0 Å². The molecule has 1 aliphatic heterocycles. The number of nitrogens with zero attached hydrogens (tertiary/aromatic N) is 2. The number of thiazole rings is 1. The molecule has 1 N–H and O–H groups in total. The lowest BCUT2D eigenvalue weighted by atomic mass is 9.92. The van der Waals surface area contributed by atoms with Crippen molar-refractivity contribution in [3.05, 3.63) is 70.7 Å². The first-order valence-electron chi connectivity index (χ1n) is 9.42. The molecule has 1 saturated heterocycles. The normalized spacial score (nSPS) is 20.2. The Morgan fingerprint density at radius 2 is 1.97 bits per heavy atom. The van der Waals surface area contributed by atoms with E-state index in [1.165, 1.54) is 16.2 Å². The molecule has 0 bridgehead atoms. The van der Waals surface area contributed by atoms with E-state index in [-0.39, 0.29) is 18.5 Å². The molecule has 2 aromatic carbocycles. The van der Waals surface area contributed by atoms with Crippen LogP contribution >= 0.6 is 11.3 Å². The molecule has 29 heavy (non-hydrogen) atoms. The minimum atomic E-state index is -0.928. The first-order chi connectivity index (χ1) is 14.1. The van der Waals surface area contributed by atoms with E-state index >= 15 is 0 Å². The van der Waals surface area contributed by atoms with Crippen molar-refractivity contribution >= 4 is 23.3 Å². The summed E-state index contributed by atoms with van der Waals surface area (Å²) in [7, 11) is 1.63. The molecular formula is C22H19N3O3S. The summed E-state index contributed by atoms with van der Waals surface area (Å²) in [6.07, 6.45) is 1.38. The lowest BCUT2D eigenvalue weighted by molar-refractivity contribution is -0.132. The minimum Gasteiger partial charge on any atom is -0.497 e. The molecule has 1 fully saturated rings. The van der Waals surface area contributed by atoms with Gasteiger partial charge in [0.05, 0.1) is 19.3 Å². The number of rotatable bonds is 4. The van der Waals surface area contributed by atoms with Crippen LogP contribution in [0.25, 0.3) is 10.6 Å². The second-order valence-electron chi connectivity index (χ2n) is 7.26. The number of fused-ring (bicyclic) bond motifs is 2. The molecule has 6 nitrogen and oxygen atoms in total. The van der Waals surface area contributed by atoms with Crippen molar-refractivity contribution in [2.24, 2.45) is 0 Å². The van der Waals surface area contributed by atoms with Crippen molar-refractivity contribution in [1.29, 1.82) is 0 Å². The molecule has 1 atom stereocenters.